The zero-order chi connectivity index (χ0) is 55.0. The summed E-state index contributed by atoms with van der Waals surface area (Å²) in [6, 6.07) is 86.2. The molecular formula is C77H70BN3. The fourth-order valence-corrected chi connectivity index (χ4v) is 15.5. The molecule has 1 fully saturated rings. The van der Waals surface area contributed by atoms with Gasteiger partial charge >= 0.3 is 0 Å². The molecule has 0 bridgehead atoms. The Kier molecular flexibility index (Phi) is 11.3. The average Bonchev–Trinajstić information content (AvgIpc) is 2.63. The van der Waals surface area contributed by atoms with Gasteiger partial charge in [-0.15, -0.1) is 0 Å². The molecule has 3 nitrogen and oxygen atoms in total. The monoisotopic (exact) mass is 1050 g/mol. The minimum absolute atomic E-state index is 0.0402. The van der Waals surface area contributed by atoms with Gasteiger partial charge in [-0.05, 0) is 182 Å². The molecule has 10 aromatic carbocycles. The van der Waals surface area contributed by atoms with Crippen molar-refractivity contribution in [3.63, 3.8) is 0 Å². The Balaban J connectivity index is 1.08. The molecule has 3 heterocycles. The highest BCUT2D eigenvalue weighted by molar-refractivity contribution is 7.00. The second-order valence-electron chi connectivity index (χ2n) is 26.3. The van der Waals surface area contributed by atoms with Gasteiger partial charge in [0.15, 0.2) is 0 Å². The lowest BCUT2D eigenvalue weighted by molar-refractivity contribution is 0.195. The van der Waals surface area contributed by atoms with Crippen LogP contribution in [0, 0.1) is 5.41 Å². The van der Waals surface area contributed by atoms with Gasteiger partial charge in [0.05, 0.1) is 11.2 Å². The number of hydrogen-bond donors (Lipinski definition) is 0. The first kappa shape index (κ1) is 49.7. The van der Waals surface area contributed by atoms with E-state index < -0.39 is 0 Å². The molecule has 4 heteroatoms. The van der Waals surface area contributed by atoms with Gasteiger partial charge in [0.1, 0.15) is 0 Å². The quantitative estimate of drug-likeness (QED) is 0.147. The second-order valence-corrected chi connectivity index (χ2v) is 26.3. The summed E-state index contributed by atoms with van der Waals surface area (Å²) in [6.07, 6.45) is 6.76. The molecule has 0 amide bonds. The number of rotatable bonds is 7. The van der Waals surface area contributed by atoms with Crippen LogP contribution in [-0.4, -0.2) is 12.3 Å². The highest BCUT2D eigenvalue weighted by Crippen LogP contribution is 2.62. The molecule has 1 saturated carbocycles. The maximum Gasteiger partial charge on any atom is 0.252 e. The molecule has 0 aromatic heterocycles. The van der Waals surface area contributed by atoms with E-state index in [-0.39, 0.29) is 28.5 Å². The molecule has 2 aliphatic carbocycles. The summed E-state index contributed by atoms with van der Waals surface area (Å²) in [4.78, 5) is 8.22. The lowest BCUT2D eigenvalue weighted by Gasteiger charge is -2.51. The third-order valence-electron chi connectivity index (χ3n) is 19.7. The summed E-state index contributed by atoms with van der Waals surface area (Å²) < 4.78 is 0. The lowest BCUT2D eigenvalue weighted by atomic mass is 9.33. The summed E-state index contributed by atoms with van der Waals surface area (Å²) in [5.41, 5.74) is 29.4. The Morgan fingerprint density at radius 3 is 1.59 bits per heavy atom. The van der Waals surface area contributed by atoms with Gasteiger partial charge in [-0.25, -0.2) is 0 Å². The highest BCUT2D eigenvalue weighted by atomic mass is 15.3. The Morgan fingerprint density at radius 1 is 0.395 bits per heavy atom. The molecule has 81 heavy (non-hydrogen) atoms. The molecule has 10 aromatic rings. The molecule has 0 saturated heterocycles. The molecule has 0 radical (unpaired) electrons. The minimum Gasteiger partial charge on any atom is -0.334 e. The van der Waals surface area contributed by atoms with E-state index in [4.69, 9.17) is 0 Å². The predicted octanol–water partition coefficient (Wildman–Crippen LogP) is 18.6. The van der Waals surface area contributed by atoms with E-state index in [1.165, 1.54) is 136 Å². The molecule has 396 valence electrons. The summed E-state index contributed by atoms with van der Waals surface area (Å²) in [5.74, 6) is 0. The highest BCUT2D eigenvalue weighted by Gasteiger charge is 2.58. The van der Waals surface area contributed by atoms with Crippen LogP contribution in [0.1, 0.15) is 96.4 Å². The third kappa shape index (κ3) is 7.84. The summed E-state index contributed by atoms with van der Waals surface area (Å²) >= 11 is 0. The topological polar surface area (TPSA) is 9.72 Å². The number of nitrogens with zero attached hydrogens (tertiary/aromatic N) is 3. The van der Waals surface area contributed by atoms with Crippen molar-refractivity contribution in [1.82, 2.24) is 0 Å². The molecular weight excluding hydrogens is 978 g/mol. The van der Waals surface area contributed by atoms with Crippen molar-refractivity contribution in [2.75, 3.05) is 14.7 Å². The molecule has 5 aliphatic rings. The molecule has 15 rings (SSSR count). The molecule has 3 aliphatic heterocycles. The van der Waals surface area contributed by atoms with Gasteiger partial charge in [0.2, 0.25) is 0 Å². The van der Waals surface area contributed by atoms with Gasteiger partial charge in [0, 0.05) is 50.8 Å². The van der Waals surface area contributed by atoms with Crippen LogP contribution in [0.15, 0.2) is 224 Å². The molecule has 0 spiro atoms. The first-order chi connectivity index (χ1) is 39.2. The van der Waals surface area contributed by atoms with Crippen LogP contribution in [0.25, 0.3) is 44.5 Å². The van der Waals surface area contributed by atoms with Crippen LogP contribution < -0.4 is 31.1 Å². The van der Waals surface area contributed by atoms with Gasteiger partial charge in [-0.3, -0.25) is 0 Å². The van der Waals surface area contributed by atoms with Crippen LogP contribution >= 0.6 is 0 Å². The van der Waals surface area contributed by atoms with Crippen LogP contribution in [0.3, 0.4) is 0 Å². The van der Waals surface area contributed by atoms with Crippen LogP contribution in [0.2, 0.25) is 0 Å². The standard InChI is InChI=1S/C77H70BN3/c1-74(2,3)60-35-38-67(63(46-60)54-29-18-11-19-30-54)80-70-45-59-50-75(4,5)49-58(59)43-66(70)78-65-36-33-57(53-27-16-10-17-28-53)44-69(65)79(61-32-22-31-55(41-61)51-23-12-8-13-24-51)71-47-62(48-72(80)73(71)78)81-68-37-34-56(52-25-14-9-15-26-52)42-64(68)76(6)39-20-21-40-77(76,81)7/h8-19,22-38,41-48H,20-21,39-40,49-50H2,1-7H3. The molecule has 2 atom stereocenters. The van der Waals surface area contributed by atoms with Crippen LogP contribution in [0.4, 0.5) is 45.5 Å². The van der Waals surface area contributed by atoms with Gasteiger partial charge in [0.25, 0.3) is 6.71 Å². The first-order valence-electron chi connectivity index (χ1n) is 29.7. The second kappa shape index (κ2) is 18.3. The minimum atomic E-state index is -0.207. The zero-order valence-corrected chi connectivity index (χ0v) is 48.0. The zero-order valence-electron chi connectivity index (χ0n) is 48.0. The van der Waals surface area contributed by atoms with E-state index in [9.17, 15) is 0 Å². The van der Waals surface area contributed by atoms with E-state index in [1.807, 2.05) is 0 Å². The fraction of sp³-hybridized carbons (Fsp3) is 0.221. The molecule has 0 N–H and O–H groups in total. The van der Waals surface area contributed by atoms with Crippen molar-refractivity contribution in [3.8, 4) is 44.5 Å². The van der Waals surface area contributed by atoms with Gasteiger partial charge in [-0.2, -0.15) is 0 Å². The lowest BCUT2D eigenvalue weighted by Crippen LogP contribution is -2.61. The van der Waals surface area contributed by atoms with Crippen LogP contribution in [0.5, 0.6) is 0 Å². The van der Waals surface area contributed by atoms with Crippen molar-refractivity contribution in [2.24, 2.45) is 5.41 Å². The van der Waals surface area contributed by atoms with Crippen molar-refractivity contribution in [1.29, 1.82) is 0 Å². The van der Waals surface area contributed by atoms with Crippen molar-refractivity contribution >= 4 is 68.6 Å². The number of benzene rings is 10. The first-order valence-corrected chi connectivity index (χ1v) is 29.7. The largest absolute Gasteiger partial charge is 0.334 e. The summed E-state index contributed by atoms with van der Waals surface area (Å²) in [5, 5.41) is 0. The van der Waals surface area contributed by atoms with Gasteiger partial charge in [-0.1, -0.05) is 218 Å². The predicted molar refractivity (Wildman–Crippen MR) is 345 cm³/mol. The Hall–Kier alpha value is -8.34. The number of hydrogen-bond acceptors (Lipinski definition) is 3. The maximum atomic E-state index is 2.83. The smallest absolute Gasteiger partial charge is 0.252 e. The Morgan fingerprint density at radius 2 is 0.938 bits per heavy atom. The van der Waals surface area contributed by atoms with Crippen molar-refractivity contribution in [3.05, 3.63) is 247 Å². The molecule has 2 unspecified atom stereocenters. The maximum absolute atomic E-state index is 2.83. The van der Waals surface area contributed by atoms with Crippen LogP contribution in [-0.2, 0) is 23.7 Å². The van der Waals surface area contributed by atoms with E-state index in [0.29, 0.717) is 0 Å². The number of anilines is 8. The van der Waals surface area contributed by atoms with E-state index in [2.05, 4.69) is 288 Å². The normalized spacial score (nSPS) is 19.1. The summed E-state index contributed by atoms with van der Waals surface area (Å²) in [7, 11) is 0. The SMILES string of the molecule is CC1(C)Cc2cc3c(cc2C1)N(c1ccc(C(C)(C)C)cc1-c1ccccc1)c1cc(N2c4ccc(-c5ccccc5)cc4C4(C)CCCCC24C)cc2c1B3c1ccc(-c3ccccc3)cc1N2c1cccc(-c2ccccc2)c1. The van der Waals surface area contributed by atoms with E-state index in [0.717, 1.165) is 31.4 Å². The van der Waals surface area contributed by atoms with Crippen molar-refractivity contribution in [2.45, 2.75) is 103 Å². The fourth-order valence-electron chi connectivity index (χ4n) is 15.5. The van der Waals surface area contributed by atoms with Crippen molar-refractivity contribution < 1.29 is 0 Å². The van der Waals surface area contributed by atoms with Gasteiger partial charge < -0.3 is 14.7 Å². The third-order valence-corrected chi connectivity index (χ3v) is 19.7. The Bertz CT molecular complexity index is 4120. The number of fused-ring (bicyclic) bond motifs is 8. The Labute approximate surface area is 480 Å². The van der Waals surface area contributed by atoms with E-state index in [1.54, 1.807) is 0 Å². The average molecular weight is 1050 g/mol. The summed E-state index contributed by atoms with van der Waals surface area (Å²) in [6.45, 7) is 17.1. The van der Waals surface area contributed by atoms with E-state index >= 15 is 0 Å².